The summed E-state index contributed by atoms with van der Waals surface area (Å²) in [5, 5.41) is 26.2. The van der Waals surface area contributed by atoms with E-state index in [1.54, 1.807) is 0 Å². The van der Waals surface area contributed by atoms with E-state index in [-0.39, 0.29) is 27.0 Å². The molecule has 0 bridgehead atoms. The van der Waals surface area contributed by atoms with Gasteiger partial charge in [0.25, 0.3) is 17.0 Å². The normalized spacial score (nSPS) is 10.1. The monoisotopic (exact) mass is 393 g/mol. The van der Waals surface area contributed by atoms with Crippen LogP contribution in [0.25, 0.3) is 0 Å². The van der Waals surface area contributed by atoms with E-state index in [1.165, 1.54) is 31.1 Å². The van der Waals surface area contributed by atoms with E-state index >= 15 is 0 Å². The summed E-state index contributed by atoms with van der Waals surface area (Å²) in [6.07, 6.45) is 0. The number of nitrogens with zero attached hydrogens (tertiary/aromatic N) is 2. The van der Waals surface area contributed by atoms with Gasteiger partial charge in [0.1, 0.15) is 10.2 Å². The number of phenols is 1. The molecule has 0 fully saturated rings. The molecule has 0 saturated heterocycles. The second kappa shape index (κ2) is 6.59. The number of rotatable bonds is 3. The third-order valence-corrected chi connectivity index (χ3v) is 3.83. The summed E-state index contributed by atoms with van der Waals surface area (Å²) in [4.78, 5) is 36.8. The van der Waals surface area contributed by atoms with Crippen LogP contribution in [0.15, 0.2) is 26.2 Å². The van der Waals surface area contributed by atoms with Gasteiger partial charge in [0.15, 0.2) is 5.75 Å². The molecule has 0 aliphatic carbocycles. The number of halogens is 1. The van der Waals surface area contributed by atoms with Crippen LogP contribution in [0.1, 0.15) is 15.9 Å². The molecule has 24 heavy (non-hydrogen) atoms. The maximum atomic E-state index is 12.1. The number of anilines is 2. The molecule has 0 aliphatic heterocycles. The first-order chi connectivity index (χ1) is 11.3. The Balaban J connectivity index is 2.64. The minimum Gasteiger partial charge on any atom is -0.505 e. The van der Waals surface area contributed by atoms with Crippen LogP contribution in [0.5, 0.6) is 5.75 Å². The molecule has 0 radical (unpaired) electrons. The number of aromatic hydroxyl groups is 1. The third-order valence-electron chi connectivity index (χ3n) is 3.07. The molecule has 10 heteroatoms. The van der Waals surface area contributed by atoms with Crippen LogP contribution in [-0.4, -0.2) is 40.2 Å². The maximum Gasteiger partial charge on any atom is 0.287 e. The van der Waals surface area contributed by atoms with Gasteiger partial charge in [-0.25, -0.2) is 0 Å². The van der Waals surface area contributed by atoms with Gasteiger partial charge in [-0.3, -0.25) is 24.6 Å². The lowest BCUT2D eigenvalue weighted by atomic mass is 10.1. The zero-order valence-electron chi connectivity index (χ0n) is 12.6. The highest BCUT2D eigenvalue weighted by atomic mass is 79.9. The lowest BCUT2D eigenvalue weighted by molar-refractivity contribution is 0.0824. The predicted molar refractivity (Wildman–Crippen MR) is 89.5 cm³/mol. The summed E-state index contributed by atoms with van der Waals surface area (Å²) in [5.74, 6) is -0.967. The van der Waals surface area contributed by atoms with Crippen molar-refractivity contribution in [1.29, 1.82) is 5.26 Å². The number of benzene rings is 1. The van der Waals surface area contributed by atoms with Crippen molar-refractivity contribution in [3.63, 3.8) is 0 Å². The summed E-state index contributed by atoms with van der Waals surface area (Å²) < 4.78 is -0.0894. The largest absolute Gasteiger partial charge is 0.505 e. The van der Waals surface area contributed by atoms with Gasteiger partial charge in [0, 0.05) is 14.1 Å². The lowest BCUT2D eigenvalue weighted by Crippen LogP contribution is -2.23. The van der Waals surface area contributed by atoms with Crippen LogP contribution >= 0.6 is 15.9 Å². The first-order valence-corrected chi connectivity index (χ1v) is 7.31. The van der Waals surface area contributed by atoms with Gasteiger partial charge < -0.3 is 15.3 Å². The van der Waals surface area contributed by atoms with Gasteiger partial charge in [-0.2, -0.15) is 5.26 Å². The molecule has 0 saturated carbocycles. The van der Waals surface area contributed by atoms with Crippen molar-refractivity contribution in [2.75, 3.05) is 19.4 Å². The zero-order valence-corrected chi connectivity index (χ0v) is 14.2. The van der Waals surface area contributed by atoms with E-state index in [1.807, 2.05) is 6.07 Å². The highest BCUT2D eigenvalue weighted by Gasteiger charge is 2.20. The van der Waals surface area contributed by atoms with Crippen LogP contribution < -0.4 is 16.4 Å². The Labute approximate surface area is 143 Å². The smallest absolute Gasteiger partial charge is 0.287 e. The molecule has 0 spiro atoms. The molecule has 0 unspecified atom stereocenters. The molecule has 1 aromatic carbocycles. The average Bonchev–Trinajstić information content (AvgIpc) is 2.55. The lowest BCUT2D eigenvalue weighted by Gasteiger charge is -2.15. The number of carbonyl (C=O) groups excluding carboxylic acids is 1. The third kappa shape index (κ3) is 3.16. The number of nitrogens with one attached hydrogen (secondary N) is 3. The van der Waals surface area contributed by atoms with Crippen molar-refractivity contribution in [2.24, 2.45) is 0 Å². The number of nitriles is 1. The SMILES string of the molecule is CN(C)C(=O)c1cc(C#N)cc(Nc2c(Br)c(=O)[nH][nH]c2=O)c1O. The van der Waals surface area contributed by atoms with Crippen LogP contribution in [-0.2, 0) is 0 Å². The topological polar surface area (TPSA) is 142 Å². The first-order valence-electron chi connectivity index (χ1n) is 6.52. The molecule has 0 atom stereocenters. The molecular weight excluding hydrogens is 382 g/mol. The fraction of sp³-hybridized carbons (Fsp3) is 0.143. The van der Waals surface area contributed by atoms with E-state index in [0.717, 1.165) is 0 Å². The van der Waals surface area contributed by atoms with E-state index in [0.29, 0.717) is 0 Å². The number of phenolic OH excluding ortho intramolecular Hbond substituents is 1. The van der Waals surface area contributed by atoms with Gasteiger partial charge in [-0.15, -0.1) is 0 Å². The van der Waals surface area contributed by atoms with Gasteiger partial charge >= 0.3 is 0 Å². The Morgan fingerprint density at radius 1 is 1.29 bits per heavy atom. The Bertz CT molecular complexity index is 971. The fourth-order valence-electron chi connectivity index (χ4n) is 1.89. The van der Waals surface area contributed by atoms with Crippen molar-refractivity contribution in [3.05, 3.63) is 48.4 Å². The van der Waals surface area contributed by atoms with Crippen molar-refractivity contribution in [2.45, 2.75) is 0 Å². The molecule has 2 rings (SSSR count). The van der Waals surface area contributed by atoms with Gasteiger partial charge in [0.2, 0.25) is 0 Å². The van der Waals surface area contributed by atoms with Crippen LogP contribution in [0.4, 0.5) is 11.4 Å². The summed E-state index contributed by atoms with van der Waals surface area (Å²) >= 11 is 2.97. The standard InChI is InChI=1S/C14H12BrN5O4/c1-20(2)14(24)7-3-6(5-16)4-8(11(7)21)17-10-9(15)12(22)18-19-13(10)23/h3-4,21H,1-2H3,(H,19,23)(H2,17,18,22). The quantitative estimate of drug-likeness (QED) is 0.569. The summed E-state index contributed by atoms with van der Waals surface area (Å²) in [5.41, 5.74) is -1.51. The summed E-state index contributed by atoms with van der Waals surface area (Å²) in [6.45, 7) is 0. The van der Waals surface area contributed by atoms with Gasteiger partial charge in [-0.1, -0.05) is 0 Å². The van der Waals surface area contributed by atoms with E-state index in [4.69, 9.17) is 5.26 Å². The van der Waals surface area contributed by atoms with Crippen molar-refractivity contribution in [3.8, 4) is 11.8 Å². The number of amides is 1. The fourth-order valence-corrected chi connectivity index (χ4v) is 2.27. The van der Waals surface area contributed by atoms with Crippen LogP contribution in [0, 0.1) is 11.3 Å². The van der Waals surface area contributed by atoms with Crippen LogP contribution in [0.3, 0.4) is 0 Å². The first kappa shape index (κ1) is 17.3. The van der Waals surface area contributed by atoms with E-state index in [9.17, 15) is 19.5 Å². The second-order valence-electron chi connectivity index (χ2n) is 4.95. The highest BCUT2D eigenvalue weighted by Crippen LogP contribution is 2.32. The Hall–Kier alpha value is -3.06. The minimum atomic E-state index is -0.663. The highest BCUT2D eigenvalue weighted by molar-refractivity contribution is 9.10. The molecule has 1 heterocycles. The van der Waals surface area contributed by atoms with E-state index in [2.05, 4.69) is 31.4 Å². The number of aromatic nitrogens is 2. The van der Waals surface area contributed by atoms with Gasteiger partial charge in [-0.05, 0) is 28.1 Å². The molecule has 1 aromatic heterocycles. The Morgan fingerprint density at radius 2 is 1.92 bits per heavy atom. The van der Waals surface area contributed by atoms with E-state index < -0.39 is 22.8 Å². The van der Waals surface area contributed by atoms with Gasteiger partial charge in [0.05, 0.1) is 22.9 Å². The molecular formula is C14H12BrN5O4. The zero-order chi connectivity index (χ0) is 18.0. The number of aromatic amines is 2. The predicted octanol–water partition coefficient (Wildman–Crippen LogP) is 0.848. The molecule has 9 nitrogen and oxygen atoms in total. The minimum absolute atomic E-state index is 0.0592. The molecule has 4 N–H and O–H groups in total. The number of carbonyl (C=O) groups is 1. The van der Waals surface area contributed by atoms with Crippen molar-refractivity contribution >= 4 is 33.2 Å². The van der Waals surface area contributed by atoms with Crippen molar-refractivity contribution < 1.29 is 9.90 Å². The molecule has 1 amide bonds. The maximum absolute atomic E-state index is 12.1. The van der Waals surface area contributed by atoms with Crippen molar-refractivity contribution in [1.82, 2.24) is 15.1 Å². The number of H-pyrrole nitrogens is 2. The second-order valence-corrected chi connectivity index (χ2v) is 5.75. The summed E-state index contributed by atoms with van der Waals surface area (Å²) in [7, 11) is 2.98. The van der Waals surface area contributed by atoms with Crippen LogP contribution in [0.2, 0.25) is 0 Å². The number of hydrogen-bond donors (Lipinski definition) is 4. The Kier molecular flexibility index (Phi) is 4.75. The average molecular weight is 394 g/mol. The molecule has 2 aromatic rings. The Morgan fingerprint density at radius 3 is 2.50 bits per heavy atom. The summed E-state index contributed by atoms with van der Waals surface area (Å²) in [6, 6.07) is 4.36. The number of hydrogen-bond acceptors (Lipinski definition) is 6. The molecule has 124 valence electrons. The molecule has 0 aliphatic rings.